The van der Waals surface area contributed by atoms with Crippen LogP contribution in [0.2, 0.25) is 5.02 Å². The second-order valence-corrected chi connectivity index (χ2v) is 6.25. The Kier molecular flexibility index (Phi) is 4.06. The van der Waals surface area contributed by atoms with E-state index in [1.807, 2.05) is 28.8 Å². The van der Waals surface area contributed by atoms with Crippen molar-refractivity contribution in [2.45, 2.75) is 6.54 Å². The molecule has 0 atom stereocenters. The molecule has 0 aliphatic rings. The Morgan fingerprint density at radius 2 is 1.96 bits per heavy atom. The Balaban J connectivity index is 1.96. The molecular formula is C19H13ClFN3O2. The Morgan fingerprint density at radius 1 is 1.15 bits per heavy atom. The van der Waals surface area contributed by atoms with Gasteiger partial charge in [-0.05, 0) is 18.2 Å². The van der Waals surface area contributed by atoms with E-state index in [-0.39, 0.29) is 17.3 Å². The average molecular weight is 370 g/mol. The molecule has 0 spiro atoms. The van der Waals surface area contributed by atoms with Crippen LogP contribution in [-0.2, 0) is 6.54 Å². The van der Waals surface area contributed by atoms with Crippen molar-refractivity contribution in [3.63, 3.8) is 0 Å². The molecule has 4 rings (SSSR count). The molecule has 0 radical (unpaired) electrons. The van der Waals surface area contributed by atoms with Gasteiger partial charge in [-0.3, -0.25) is 10.0 Å². The second-order valence-electron chi connectivity index (χ2n) is 5.84. The van der Waals surface area contributed by atoms with E-state index in [9.17, 15) is 9.18 Å². The number of aromatic nitrogens is 2. The summed E-state index contributed by atoms with van der Waals surface area (Å²) < 4.78 is 16.3. The number of benzene rings is 2. The minimum atomic E-state index is -0.690. The lowest BCUT2D eigenvalue weighted by Gasteiger charge is -2.09. The highest BCUT2D eigenvalue weighted by Crippen LogP contribution is 2.30. The standard InChI is InChI=1S/C19H13ClFN3O2/c20-14-6-3-4-11(18(14)21)10-24-16-7-2-1-5-12(16)13-8-15(19(25)23-26)22-9-17(13)24/h1-9,26H,10H2,(H,23,25). The predicted octanol–water partition coefficient (Wildman–Crippen LogP) is 4.15. The van der Waals surface area contributed by atoms with Crippen molar-refractivity contribution in [3.8, 4) is 0 Å². The van der Waals surface area contributed by atoms with Gasteiger partial charge in [0, 0.05) is 21.9 Å². The van der Waals surface area contributed by atoms with E-state index in [1.165, 1.54) is 6.07 Å². The Labute approximate surface area is 152 Å². The van der Waals surface area contributed by atoms with Crippen LogP contribution in [0.4, 0.5) is 4.39 Å². The highest BCUT2D eigenvalue weighted by molar-refractivity contribution is 6.30. The molecule has 2 aromatic heterocycles. The zero-order valence-electron chi connectivity index (χ0n) is 13.4. The van der Waals surface area contributed by atoms with Gasteiger partial charge in [0.1, 0.15) is 11.5 Å². The number of rotatable bonds is 3. The number of hydrogen-bond acceptors (Lipinski definition) is 3. The van der Waals surface area contributed by atoms with E-state index in [1.54, 1.807) is 29.9 Å². The van der Waals surface area contributed by atoms with Crippen LogP contribution in [0.15, 0.2) is 54.7 Å². The van der Waals surface area contributed by atoms with Crippen LogP contribution in [0.1, 0.15) is 16.1 Å². The number of para-hydroxylation sites is 1. The molecule has 0 aliphatic heterocycles. The van der Waals surface area contributed by atoms with Crippen molar-refractivity contribution in [3.05, 3.63) is 76.8 Å². The fraction of sp³-hybridized carbons (Fsp3) is 0.0526. The summed E-state index contributed by atoms with van der Waals surface area (Å²) in [5.41, 5.74) is 3.76. The number of halogens is 2. The maximum Gasteiger partial charge on any atom is 0.293 e. The van der Waals surface area contributed by atoms with Crippen molar-refractivity contribution in [2.75, 3.05) is 0 Å². The molecule has 2 N–H and O–H groups in total. The number of carbonyl (C=O) groups excluding carboxylic acids is 1. The quantitative estimate of drug-likeness (QED) is 0.421. The van der Waals surface area contributed by atoms with Gasteiger partial charge in [-0.1, -0.05) is 41.9 Å². The molecule has 1 amide bonds. The summed E-state index contributed by atoms with van der Waals surface area (Å²) in [6.07, 6.45) is 1.54. The van der Waals surface area contributed by atoms with Crippen LogP contribution in [0, 0.1) is 5.82 Å². The maximum absolute atomic E-state index is 14.4. The normalized spacial score (nSPS) is 11.2. The van der Waals surface area contributed by atoms with Gasteiger partial charge in [-0.15, -0.1) is 0 Å². The van der Waals surface area contributed by atoms with E-state index in [0.29, 0.717) is 5.56 Å². The van der Waals surface area contributed by atoms with Crippen LogP contribution in [0.25, 0.3) is 21.8 Å². The monoisotopic (exact) mass is 369 g/mol. The molecular weight excluding hydrogens is 357 g/mol. The van der Waals surface area contributed by atoms with Crippen molar-refractivity contribution in [1.29, 1.82) is 0 Å². The zero-order chi connectivity index (χ0) is 18.3. The van der Waals surface area contributed by atoms with Gasteiger partial charge in [-0.2, -0.15) is 0 Å². The molecule has 7 heteroatoms. The average Bonchev–Trinajstić information content (AvgIpc) is 2.98. The number of hydrogen-bond donors (Lipinski definition) is 2. The van der Waals surface area contributed by atoms with E-state index in [2.05, 4.69) is 4.98 Å². The lowest BCUT2D eigenvalue weighted by atomic mass is 10.1. The number of pyridine rings is 1. The summed E-state index contributed by atoms with van der Waals surface area (Å²) in [5.74, 6) is -1.14. The van der Waals surface area contributed by atoms with Gasteiger partial charge >= 0.3 is 0 Å². The van der Waals surface area contributed by atoms with Crippen molar-refractivity contribution >= 4 is 39.3 Å². The van der Waals surface area contributed by atoms with E-state index < -0.39 is 11.7 Å². The topological polar surface area (TPSA) is 67.2 Å². The summed E-state index contributed by atoms with van der Waals surface area (Å²) in [7, 11) is 0. The summed E-state index contributed by atoms with van der Waals surface area (Å²) in [6, 6.07) is 14.1. The molecule has 0 aliphatic carbocycles. The van der Waals surface area contributed by atoms with Crippen LogP contribution < -0.4 is 5.48 Å². The molecule has 26 heavy (non-hydrogen) atoms. The van der Waals surface area contributed by atoms with Crippen LogP contribution >= 0.6 is 11.6 Å². The van der Waals surface area contributed by atoms with Gasteiger partial charge in [0.15, 0.2) is 0 Å². The molecule has 2 heterocycles. The zero-order valence-corrected chi connectivity index (χ0v) is 14.2. The SMILES string of the molecule is O=C(NO)c1cc2c3ccccc3n(Cc3cccc(Cl)c3F)c2cn1. The molecule has 0 saturated carbocycles. The smallest absolute Gasteiger partial charge is 0.293 e. The number of carbonyl (C=O) groups is 1. The van der Waals surface area contributed by atoms with Gasteiger partial charge < -0.3 is 4.57 Å². The van der Waals surface area contributed by atoms with E-state index >= 15 is 0 Å². The fourth-order valence-corrected chi connectivity index (χ4v) is 3.33. The molecule has 4 aromatic rings. The van der Waals surface area contributed by atoms with Gasteiger partial charge in [0.05, 0.1) is 23.3 Å². The van der Waals surface area contributed by atoms with Gasteiger partial charge in [0.2, 0.25) is 0 Å². The first-order chi connectivity index (χ1) is 12.6. The van der Waals surface area contributed by atoms with Crippen molar-refractivity contribution in [1.82, 2.24) is 15.0 Å². The maximum atomic E-state index is 14.4. The third-order valence-corrected chi connectivity index (χ3v) is 4.64. The first kappa shape index (κ1) is 16.5. The molecule has 2 aromatic carbocycles. The number of fused-ring (bicyclic) bond motifs is 3. The summed E-state index contributed by atoms with van der Waals surface area (Å²) in [6.45, 7) is 0.267. The summed E-state index contributed by atoms with van der Waals surface area (Å²) >= 11 is 5.90. The number of hydroxylamine groups is 1. The lowest BCUT2D eigenvalue weighted by molar-refractivity contribution is 0.0701. The predicted molar refractivity (Wildman–Crippen MR) is 97.0 cm³/mol. The van der Waals surface area contributed by atoms with Crippen LogP contribution in [0.3, 0.4) is 0 Å². The minimum Gasteiger partial charge on any atom is -0.335 e. The third-order valence-electron chi connectivity index (χ3n) is 4.35. The number of amides is 1. The minimum absolute atomic E-state index is 0.0725. The van der Waals surface area contributed by atoms with Gasteiger partial charge in [-0.25, -0.2) is 14.9 Å². The van der Waals surface area contributed by atoms with Gasteiger partial charge in [0.25, 0.3) is 5.91 Å². The molecule has 0 bridgehead atoms. The summed E-state index contributed by atoms with van der Waals surface area (Å²) in [5, 5.41) is 10.6. The van der Waals surface area contributed by atoms with E-state index in [4.69, 9.17) is 16.8 Å². The third kappa shape index (κ3) is 2.60. The Hall–Kier alpha value is -2.96. The fourth-order valence-electron chi connectivity index (χ4n) is 3.14. The highest BCUT2D eigenvalue weighted by Gasteiger charge is 2.16. The first-order valence-electron chi connectivity index (χ1n) is 7.84. The highest BCUT2D eigenvalue weighted by atomic mass is 35.5. The molecule has 130 valence electrons. The van der Waals surface area contributed by atoms with Crippen molar-refractivity contribution in [2.24, 2.45) is 0 Å². The van der Waals surface area contributed by atoms with Crippen LogP contribution in [-0.4, -0.2) is 20.7 Å². The Bertz CT molecular complexity index is 1160. The first-order valence-corrected chi connectivity index (χ1v) is 8.22. The van der Waals surface area contributed by atoms with Crippen LogP contribution in [0.5, 0.6) is 0 Å². The van der Waals surface area contributed by atoms with Crippen molar-refractivity contribution < 1.29 is 14.4 Å². The molecule has 5 nitrogen and oxygen atoms in total. The second kappa shape index (κ2) is 6.40. The number of nitrogens with zero attached hydrogens (tertiary/aromatic N) is 2. The molecule has 0 saturated heterocycles. The summed E-state index contributed by atoms with van der Waals surface area (Å²) in [4.78, 5) is 15.8. The lowest BCUT2D eigenvalue weighted by Crippen LogP contribution is -2.19. The molecule has 0 unspecified atom stereocenters. The van der Waals surface area contributed by atoms with E-state index in [0.717, 1.165) is 21.8 Å². The Morgan fingerprint density at radius 3 is 2.77 bits per heavy atom. The number of nitrogens with one attached hydrogen (secondary N) is 1. The largest absolute Gasteiger partial charge is 0.335 e. The molecule has 0 fully saturated rings.